The third-order valence-electron chi connectivity index (χ3n) is 3.38. The van der Waals surface area contributed by atoms with Crippen molar-refractivity contribution in [2.75, 3.05) is 5.32 Å². The molecule has 2 aromatic carbocycles. The van der Waals surface area contributed by atoms with Gasteiger partial charge in [-0.2, -0.15) is 0 Å². The molecule has 106 valence electrons. The highest BCUT2D eigenvalue weighted by molar-refractivity contribution is 5.90. The lowest BCUT2D eigenvalue weighted by molar-refractivity contribution is 0.560. The van der Waals surface area contributed by atoms with Crippen molar-refractivity contribution in [3.8, 4) is 0 Å². The van der Waals surface area contributed by atoms with Crippen LogP contribution in [-0.4, -0.2) is 4.98 Å². The molecule has 1 N–H and O–H groups in total. The van der Waals surface area contributed by atoms with Gasteiger partial charge in [-0.1, -0.05) is 24.3 Å². The summed E-state index contributed by atoms with van der Waals surface area (Å²) >= 11 is 0. The van der Waals surface area contributed by atoms with Crippen molar-refractivity contribution in [1.82, 2.24) is 4.98 Å². The molecule has 0 aliphatic heterocycles. The molecular weight excluding hydrogens is 270 g/mol. The smallest absolute Gasteiger partial charge is 0.131 e. The maximum Gasteiger partial charge on any atom is 0.131 e. The second kappa shape index (κ2) is 5.48. The summed E-state index contributed by atoms with van der Waals surface area (Å²) in [5.74, 6) is -1.10. The monoisotopic (exact) mass is 284 g/mol. The summed E-state index contributed by atoms with van der Waals surface area (Å²) in [5.41, 5.74) is 2.49. The van der Waals surface area contributed by atoms with Gasteiger partial charge in [0.1, 0.15) is 11.6 Å². The Balaban J connectivity index is 1.94. The fourth-order valence-corrected chi connectivity index (χ4v) is 2.27. The zero-order valence-electron chi connectivity index (χ0n) is 11.5. The van der Waals surface area contributed by atoms with Crippen LogP contribution in [0.5, 0.6) is 0 Å². The van der Waals surface area contributed by atoms with Crippen molar-refractivity contribution < 1.29 is 8.78 Å². The number of para-hydroxylation sites is 1. The van der Waals surface area contributed by atoms with Crippen molar-refractivity contribution in [3.05, 3.63) is 71.4 Å². The second-order valence-corrected chi connectivity index (χ2v) is 4.88. The van der Waals surface area contributed by atoms with E-state index in [9.17, 15) is 8.78 Å². The predicted molar refractivity (Wildman–Crippen MR) is 80.2 cm³/mol. The van der Waals surface area contributed by atoms with E-state index < -0.39 is 11.6 Å². The van der Waals surface area contributed by atoms with Crippen molar-refractivity contribution in [1.29, 1.82) is 0 Å². The van der Waals surface area contributed by atoms with Crippen LogP contribution in [0.15, 0.2) is 48.5 Å². The second-order valence-electron chi connectivity index (χ2n) is 4.88. The highest BCUT2D eigenvalue weighted by Crippen LogP contribution is 2.23. The molecule has 0 aliphatic carbocycles. The van der Waals surface area contributed by atoms with E-state index in [1.54, 1.807) is 0 Å². The topological polar surface area (TPSA) is 24.9 Å². The molecule has 0 spiro atoms. The van der Waals surface area contributed by atoms with Gasteiger partial charge in [-0.3, -0.25) is 4.98 Å². The van der Waals surface area contributed by atoms with E-state index in [-0.39, 0.29) is 12.1 Å². The van der Waals surface area contributed by atoms with Crippen molar-refractivity contribution in [3.63, 3.8) is 0 Å². The number of anilines is 1. The molecule has 0 bridgehead atoms. The quantitative estimate of drug-likeness (QED) is 0.769. The Morgan fingerprint density at radius 3 is 2.43 bits per heavy atom. The third kappa shape index (κ3) is 2.70. The number of aromatic nitrogens is 1. The van der Waals surface area contributed by atoms with E-state index in [1.807, 2.05) is 37.3 Å². The number of nitrogens with zero attached hydrogens (tertiary/aromatic N) is 1. The standard InChI is InChI=1S/C17H14F2N2/c1-11-8-9-12-4-2-7-16(17(12)21-11)20-10-13-14(18)5-3-6-15(13)19/h2-9,20H,10H2,1H3. The molecule has 0 saturated heterocycles. The largest absolute Gasteiger partial charge is 0.379 e. The lowest BCUT2D eigenvalue weighted by Crippen LogP contribution is -2.05. The van der Waals surface area contributed by atoms with E-state index in [0.29, 0.717) is 0 Å². The first-order chi connectivity index (χ1) is 10.1. The van der Waals surface area contributed by atoms with Crippen LogP contribution in [0, 0.1) is 18.6 Å². The van der Waals surface area contributed by atoms with E-state index >= 15 is 0 Å². The summed E-state index contributed by atoms with van der Waals surface area (Å²) in [5, 5.41) is 4.06. The average Bonchev–Trinajstić information content (AvgIpc) is 2.47. The van der Waals surface area contributed by atoms with Gasteiger partial charge in [0.05, 0.1) is 11.2 Å². The number of hydrogen-bond acceptors (Lipinski definition) is 2. The van der Waals surface area contributed by atoms with Gasteiger partial charge in [-0.15, -0.1) is 0 Å². The molecule has 0 aliphatic rings. The van der Waals surface area contributed by atoms with Crippen LogP contribution in [0.1, 0.15) is 11.3 Å². The zero-order valence-corrected chi connectivity index (χ0v) is 11.5. The number of pyridine rings is 1. The zero-order chi connectivity index (χ0) is 14.8. The number of hydrogen-bond donors (Lipinski definition) is 1. The molecule has 0 amide bonds. The van der Waals surface area contributed by atoms with Crippen molar-refractivity contribution in [2.45, 2.75) is 13.5 Å². The van der Waals surface area contributed by atoms with Crippen molar-refractivity contribution in [2.24, 2.45) is 0 Å². The lowest BCUT2D eigenvalue weighted by Gasteiger charge is -2.11. The Bertz CT molecular complexity index is 780. The summed E-state index contributed by atoms with van der Waals surface area (Å²) in [6, 6.07) is 13.5. The Hall–Kier alpha value is -2.49. The molecule has 2 nitrogen and oxygen atoms in total. The highest BCUT2D eigenvalue weighted by atomic mass is 19.1. The Kier molecular flexibility index (Phi) is 3.52. The molecule has 0 unspecified atom stereocenters. The normalized spacial score (nSPS) is 10.8. The van der Waals surface area contributed by atoms with Gasteiger partial charge in [0.15, 0.2) is 0 Å². The summed E-state index contributed by atoms with van der Waals surface area (Å²) in [6.07, 6.45) is 0. The summed E-state index contributed by atoms with van der Waals surface area (Å²) < 4.78 is 27.3. The van der Waals surface area contributed by atoms with Crippen LogP contribution in [0.25, 0.3) is 10.9 Å². The minimum atomic E-state index is -0.549. The Labute approximate surface area is 121 Å². The fraction of sp³-hybridized carbons (Fsp3) is 0.118. The number of nitrogens with one attached hydrogen (secondary N) is 1. The van der Waals surface area contributed by atoms with Gasteiger partial charge in [-0.25, -0.2) is 8.78 Å². The molecule has 3 rings (SSSR count). The molecule has 3 aromatic rings. The third-order valence-corrected chi connectivity index (χ3v) is 3.38. The van der Waals surface area contributed by atoms with Crippen LogP contribution in [0.4, 0.5) is 14.5 Å². The molecule has 1 heterocycles. The first-order valence-electron chi connectivity index (χ1n) is 6.68. The Morgan fingerprint density at radius 2 is 1.67 bits per heavy atom. The minimum Gasteiger partial charge on any atom is -0.379 e. The number of aryl methyl sites for hydroxylation is 1. The molecule has 0 fully saturated rings. The van der Waals surface area contributed by atoms with Gasteiger partial charge in [0, 0.05) is 23.2 Å². The van der Waals surface area contributed by atoms with Crippen LogP contribution in [0.3, 0.4) is 0 Å². The van der Waals surface area contributed by atoms with Gasteiger partial charge in [-0.05, 0) is 31.2 Å². The molecule has 1 aromatic heterocycles. The molecule has 0 saturated carbocycles. The molecule has 0 atom stereocenters. The summed E-state index contributed by atoms with van der Waals surface area (Å²) in [7, 11) is 0. The molecule has 4 heteroatoms. The highest BCUT2D eigenvalue weighted by Gasteiger charge is 2.09. The van der Waals surface area contributed by atoms with E-state index in [0.717, 1.165) is 22.3 Å². The Morgan fingerprint density at radius 1 is 0.952 bits per heavy atom. The minimum absolute atomic E-state index is 0.0298. The van der Waals surface area contributed by atoms with Gasteiger partial charge in [0.2, 0.25) is 0 Å². The van der Waals surface area contributed by atoms with Crippen molar-refractivity contribution >= 4 is 16.6 Å². The first kappa shape index (κ1) is 13.5. The maximum atomic E-state index is 13.6. The predicted octanol–water partition coefficient (Wildman–Crippen LogP) is 4.43. The maximum absolute atomic E-state index is 13.6. The number of halogens is 2. The average molecular weight is 284 g/mol. The molecule has 0 radical (unpaired) electrons. The number of fused-ring (bicyclic) bond motifs is 1. The van der Waals surface area contributed by atoms with Crippen LogP contribution in [-0.2, 0) is 6.54 Å². The lowest BCUT2D eigenvalue weighted by atomic mass is 10.1. The molecular formula is C17H14F2N2. The first-order valence-corrected chi connectivity index (χ1v) is 6.68. The number of rotatable bonds is 3. The molecule has 21 heavy (non-hydrogen) atoms. The summed E-state index contributed by atoms with van der Waals surface area (Å²) in [4.78, 5) is 4.48. The summed E-state index contributed by atoms with van der Waals surface area (Å²) in [6.45, 7) is 1.99. The van der Waals surface area contributed by atoms with E-state index in [2.05, 4.69) is 10.3 Å². The van der Waals surface area contributed by atoms with Crippen LogP contribution in [0.2, 0.25) is 0 Å². The van der Waals surface area contributed by atoms with Crippen LogP contribution < -0.4 is 5.32 Å². The number of benzene rings is 2. The fourth-order valence-electron chi connectivity index (χ4n) is 2.27. The van der Waals surface area contributed by atoms with Gasteiger partial charge >= 0.3 is 0 Å². The van der Waals surface area contributed by atoms with Crippen LogP contribution >= 0.6 is 0 Å². The van der Waals surface area contributed by atoms with Gasteiger partial charge < -0.3 is 5.32 Å². The van der Waals surface area contributed by atoms with Gasteiger partial charge in [0.25, 0.3) is 0 Å². The van der Waals surface area contributed by atoms with E-state index in [4.69, 9.17) is 0 Å². The SMILES string of the molecule is Cc1ccc2cccc(NCc3c(F)cccc3F)c2n1. The van der Waals surface area contributed by atoms with E-state index in [1.165, 1.54) is 18.2 Å².